The molecule has 6 heteroatoms. The summed E-state index contributed by atoms with van der Waals surface area (Å²) in [5.74, 6) is 2.63. The third kappa shape index (κ3) is 6.46. The van der Waals surface area contributed by atoms with E-state index >= 15 is 0 Å². The number of methoxy groups -OCH3 is 1. The number of amides is 1. The Kier molecular flexibility index (Phi) is 8.13. The summed E-state index contributed by atoms with van der Waals surface area (Å²) in [4.78, 5) is 12.1. The van der Waals surface area contributed by atoms with Crippen LogP contribution in [-0.2, 0) is 4.79 Å². The summed E-state index contributed by atoms with van der Waals surface area (Å²) in [5, 5.41) is 3.49. The number of thioether (sulfide) groups is 1. The normalized spacial score (nSPS) is 10.5. The number of ether oxygens (including phenoxy) is 2. The van der Waals surface area contributed by atoms with Gasteiger partial charge in [-0.2, -0.15) is 11.8 Å². The van der Waals surface area contributed by atoms with Gasteiger partial charge in [0.15, 0.2) is 0 Å². The molecule has 140 valence electrons. The largest absolute Gasteiger partial charge is 0.495 e. The molecule has 4 nitrogen and oxygen atoms in total. The molecule has 2 aromatic carbocycles. The minimum atomic E-state index is -0.0605. The van der Waals surface area contributed by atoms with E-state index in [1.165, 1.54) is 5.56 Å². The van der Waals surface area contributed by atoms with Crippen LogP contribution in [0.25, 0.3) is 0 Å². The molecule has 0 radical (unpaired) electrons. The molecule has 0 unspecified atom stereocenters. The molecule has 0 saturated carbocycles. The molecule has 1 amide bonds. The minimum Gasteiger partial charge on any atom is -0.495 e. The van der Waals surface area contributed by atoms with Crippen LogP contribution in [0.4, 0.5) is 5.69 Å². The van der Waals surface area contributed by atoms with Crippen molar-refractivity contribution in [2.75, 3.05) is 30.5 Å². The van der Waals surface area contributed by atoms with Crippen molar-refractivity contribution in [2.24, 2.45) is 0 Å². The maximum atomic E-state index is 12.1. The number of nitrogens with one attached hydrogen (secondary N) is 1. The van der Waals surface area contributed by atoms with Crippen LogP contribution in [0.3, 0.4) is 0 Å². The second kappa shape index (κ2) is 10.3. The van der Waals surface area contributed by atoms with Crippen LogP contribution in [0.15, 0.2) is 36.4 Å². The van der Waals surface area contributed by atoms with E-state index in [4.69, 9.17) is 21.1 Å². The standard InChI is InChI=1S/C20H24ClNO3S/c1-14-6-4-7-16(10-14)25-8-5-9-26-13-20(23)22-18-11-15(2)17(21)12-19(18)24-3/h4,6-7,10-12H,5,8-9,13H2,1-3H3,(H,22,23). The fourth-order valence-corrected chi connectivity index (χ4v) is 3.21. The van der Waals surface area contributed by atoms with Gasteiger partial charge in [-0.1, -0.05) is 23.7 Å². The number of carbonyl (C=O) groups is 1. The Labute approximate surface area is 164 Å². The Balaban J connectivity index is 1.68. The smallest absolute Gasteiger partial charge is 0.234 e. The van der Waals surface area contributed by atoms with Crippen molar-refractivity contribution in [1.29, 1.82) is 0 Å². The zero-order chi connectivity index (χ0) is 18.9. The van der Waals surface area contributed by atoms with E-state index in [-0.39, 0.29) is 5.91 Å². The number of hydrogen-bond acceptors (Lipinski definition) is 4. The summed E-state index contributed by atoms with van der Waals surface area (Å²) in [6.07, 6.45) is 0.884. The van der Waals surface area contributed by atoms with Gasteiger partial charge in [0.25, 0.3) is 0 Å². The Morgan fingerprint density at radius 2 is 2.04 bits per heavy atom. The van der Waals surface area contributed by atoms with Crippen LogP contribution < -0.4 is 14.8 Å². The van der Waals surface area contributed by atoms with Gasteiger partial charge in [0.2, 0.25) is 5.91 Å². The van der Waals surface area contributed by atoms with Crippen LogP contribution in [0, 0.1) is 13.8 Å². The highest BCUT2D eigenvalue weighted by Gasteiger charge is 2.10. The van der Waals surface area contributed by atoms with Gasteiger partial charge in [-0.05, 0) is 55.3 Å². The quantitative estimate of drug-likeness (QED) is 0.601. The molecule has 0 fully saturated rings. The number of halogens is 1. The van der Waals surface area contributed by atoms with Crippen molar-refractivity contribution in [3.63, 3.8) is 0 Å². The Hall–Kier alpha value is -1.85. The Morgan fingerprint density at radius 1 is 1.23 bits per heavy atom. The van der Waals surface area contributed by atoms with Crippen LogP contribution in [0.1, 0.15) is 17.5 Å². The van der Waals surface area contributed by atoms with Gasteiger partial charge in [-0.15, -0.1) is 0 Å². The lowest BCUT2D eigenvalue weighted by atomic mass is 10.2. The number of benzene rings is 2. The molecule has 0 spiro atoms. The zero-order valence-corrected chi connectivity index (χ0v) is 16.9. The molecule has 1 N–H and O–H groups in total. The highest BCUT2D eigenvalue weighted by Crippen LogP contribution is 2.31. The first-order valence-electron chi connectivity index (χ1n) is 8.41. The fraction of sp³-hybridized carbons (Fsp3) is 0.350. The van der Waals surface area contributed by atoms with E-state index in [9.17, 15) is 4.79 Å². The lowest BCUT2D eigenvalue weighted by molar-refractivity contribution is -0.113. The van der Waals surface area contributed by atoms with Crippen molar-refractivity contribution >= 4 is 35.0 Å². The second-order valence-corrected chi connectivity index (χ2v) is 7.43. The maximum Gasteiger partial charge on any atom is 0.234 e. The monoisotopic (exact) mass is 393 g/mol. The van der Waals surface area contributed by atoms with Crippen molar-refractivity contribution in [3.05, 3.63) is 52.5 Å². The molecule has 0 heterocycles. The van der Waals surface area contributed by atoms with Gasteiger partial charge in [-0.3, -0.25) is 4.79 Å². The molecule has 0 bridgehead atoms. The van der Waals surface area contributed by atoms with Gasteiger partial charge in [0, 0.05) is 11.1 Å². The van der Waals surface area contributed by atoms with Gasteiger partial charge < -0.3 is 14.8 Å². The molecule has 2 aromatic rings. The number of rotatable bonds is 9. The highest BCUT2D eigenvalue weighted by atomic mass is 35.5. The molecule has 0 saturated heterocycles. The maximum absolute atomic E-state index is 12.1. The SMILES string of the molecule is COc1cc(Cl)c(C)cc1NC(=O)CSCCCOc1cccc(C)c1. The van der Waals surface area contributed by atoms with Crippen molar-refractivity contribution in [3.8, 4) is 11.5 Å². The fourth-order valence-electron chi connectivity index (χ4n) is 2.34. The van der Waals surface area contributed by atoms with Crippen LogP contribution in [0.5, 0.6) is 11.5 Å². The molecule has 0 aromatic heterocycles. The van der Waals surface area contributed by atoms with Crippen molar-refractivity contribution in [2.45, 2.75) is 20.3 Å². The average Bonchev–Trinajstić information content (AvgIpc) is 2.61. The van der Waals surface area contributed by atoms with Gasteiger partial charge in [-0.25, -0.2) is 0 Å². The average molecular weight is 394 g/mol. The topological polar surface area (TPSA) is 47.6 Å². The summed E-state index contributed by atoms with van der Waals surface area (Å²) in [5.41, 5.74) is 2.72. The highest BCUT2D eigenvalue weighted by molar-refractivity contribution is 7.99. The molecule has 0 aliphatic carbocycles. The molecule has 0 aliphatic rings. The molecule has 26 heavy (non-hydrogen) atoms. The second-order valence-electron chi connectivity index (χ2n) is 5.92. The molecule has 0 aliphatic heterocycles. The van der Waals surface area contributed by atoms with E-state index in [0.717, 1.165) is 23.5 Å². The number of carbonyl (C=O) groups excluding carboxylic acids is 1. The van der Waals surface area contributed by atoms with E-state index in [1.807, 2.05) is 44.2 Å². The lowest BCUT2D eigenvalue weighted by Gasteiger charge is -2.12. The summed E-state index contributed by atoms with van der Waals surface area (Å²) in [6.45, 7) is 4.57. The first-order valence-corrected chi connectivity index (χ1v) is 9.94. The van der Waals surface area contributed by atoms with Crippen molar-refractivity contribution < 1.29 is 14.3 Å². The number of hydrogen-bond donors (Lipinski definition) is 1. The predicted molar refractivity (Wildman–Crippen MR) is 110 cm³/mol. The minimum absolute atomic E-state index is 0.0605. The van der Waals surface area contributed by atoms with Crippen LogP contribution in [-0.4, -0.2) is 31.1 Å². The number of aryl methyl sites for hydroxylation is 2. The first-order chi connectivity index (χ1) is 12.5. The summed E-state index contributed by atoms with van der Waals surface area (Å²) >= 11 is 7.66. The molecular formula is C20H24ClNO3S. The summed E-state index contributed by atoms with van der Waals surface area (Å²) in [6, 6.07) is 11.5. The van der Waals surface area contributed by atoms with E-state index in [2.05, 4.69) is 5.32 Å². The van der Waals surface area contributed by atoms with Crippen molar-refractivity contribution in [1.82, 2.24) is 0 Å². The Bertz CT molecular complexity index is 752. The summed E-state index contributed by atoms with van der Waals surface area (Å²) in [7, 11) is 1.56. The van der Waals surface area contributed by atoms with Gasteiger partial charge in [0.1, 0.15) is 11.5 Å². The van der Waals surface area contributed by atoms with Crippen LogP contribution in [0.2, 0.25) is 5.02 Å². The zero-order valence-electron chi connectivity index (χ0n) is 15.3. The third-order valence-corrected chi connectivity index (χ3v) is 5.13. The molecule has 0 atom stereocenters. The van der Waals surface area contributed by atoms with Gasteiger partial charge in [0.05, 0.1) is 25.2 Å². The predicted octanol–water partition coefficient (Wildman–Crippen LogP) is 5.11. The van der Waals surface area contributed by atoms with Gasteiger partial charge >= 0.3 is 0 Å². The molecule has 2 rings (SSSR count). The van der Waals surface area contributed by atoms with Crippen LogP contribution >= 0.6 is 23.4 Å². The number of anilines is 1. The molecular weight excluding hydrogens is 370 g/mol. The van der Waals surface area contributed by atoms with E-state index in [1.54, 1.807) is 24.9 Å². The first kappa shape index (κ1) is 20.5. The summed E-state index contributed by atoms with van der Waals surface area (Å²) < 4.78 is 11.0. The lowest BCUT2D eigenvalue weighted by Crippen LogP contribution is -2.15. The third-order valence-electron chi connectivity index (χ3n) is 3.68. The van der Waals surface area contributed by atoms with E-state index in [0.29, 0.717) is 28.8 Å². The Morgan fingerprint density at radius 3 is 2.77 bits per heavy atom. The van der Waals surface area contributed by atoms with E-state index < -0.39 is 0 Å².